The molecule has 3 aliphatic heterocycles. The smallest absolute Gasteiger partial charge is 0.312 e. The number of nitrogens with zero attached hydrogens (tertiary/aromatic N) is 1. The van der Waals surface area contributed by atoms with E-state index < -0.39 is 17.4 Å². The van der Waals surface area contributed by atoms with Crippen molar-refractivity contribution < 1.29 is 19.1 Å². The first-order chi connectivity index (χ1) is 11.0. The van der Waals surface area contributed by atoms with Gasteiger partial charge in [-0.2, -0.15) is 0 Å². The minimum atomic E-state index is -0.591. The van der Waals surface area contributed by atoms with Crippen LogP contribution < -0.4 is 0 Å². The van der Waals surface area contributed by atoms with E-state index in [1.165, 1.54) is 12.8 Å². The molecule has 0 aromatic carbocycles. The number of carbonyl (C=O) groups excluding carboxylic acids is 2. The SMILES string of the molecule is CC(C)COC(=O)[C@H]1[C@H]2C(=O)N(C3CCCC3)C[C@]23C=C[C@H]1O3. The molecule has 5 heteroatoms. The second-order valence-corrected chi connectivity index (χ2v) is 7.83. The molecular formula is C18H25NO4. The average Bonchev–Trinajstić information content (AvgIpc) is 3.25. The number of ether oxygens (including phenoxy) is 2. The van der Waals surface area contributed by atoms with Gasteiger partial charge in [0.15, 0.2) is 0 Å². The Morgan fingerprint density at radius 2 is 2.17 bits per heavy atom. The van der Waals surface area contributed by atoms with Crippen LogP contribution in [0.4, 0.5) is 0 Å². The molecule has 3 heterocycles. The van der Waals surface area contributed by atoms with Gasteiger partial charge in [0.2, 0.25) is 5.91 Å². The Bertz CT molecular complexity index is 551. The molecular weight excluding hydrogens is 294 g/mol. The Balaban J connectivity index is 1.56. The van der Waals surface area contributed by atoms with E-state index in [9.17, 15) is 9.59 Å². The summed E-state index contributed by atoms with van der Waals surface area (Å²) in [5.41, 5.74) is -0.591. The third kappa shape index (κ3) is 2.24. The number of hydrogen-bond donors (Lipinski definition) is 0. The van der Waals surface area contributed by atoms with Crippen molar-refractivity contribution in [2.45, 2.75) is 57.3 Å². The summed E-state index contributed by atoms with van der Waals surface area (Å²) in [4.78, 5) is 27.5. The molecule has 1 aliphatic carbocycles. The molecule has 126 valence electrons. The van der Waals surface area contributed by atoms with E-state index in [1.54, 1.807) is 0 Å². The van der Waals surface area contributed by atoms with Gasteiger partial charge in [0, 0.05) is 6.04 Å². The van der Waals surface area contributed by atoms with Gasteiger partial charge in [-0.3, -0.25) is 9.59 Å². The maximum atomic E-state index is 13.0. The van der Waals surface area contributed by atoms with Crippen LogP contribution in [0.5, 0.6) is 0 Å². The number of amides is 1. The van der Waals surface area contributed by atoms with E-state index in [4.69, 9.17) is 9.47 Å². The molecule has 23 heavy (non-hydrogen) atoms. The maximum absolute atomic E-state index is 13.0. The van der Waals surface area contributed by atoms with E-state index in [2.05, 4.69) is 0 Å². The summed E-state index contributed by atoms with van der Waals surface area (Å²) < 4.78 is 11.5. The fourth-order valence-electron chi connectivity index (χ4n) is 4.67. The zero-order chi connectivity index (χ0) is 16.2. The molecule has 0 N–H and O–H groups in total. The lowest BCUT2D eigenvalue weighted by atomic mass is 9.77. The minimum Gasteiger partial charge on any atom is -0.465 e. The summed E-state index contributed by atoms with van der Waals surface area (Å²) in [6.45, 7) is 5.01. The summed E-state index contributed by atoms with van der Waals surface area (Å²) in [6.07, 6.45) is 8.18. The van der Waals surface area contributed by atoms with Gasteiger partial charge in [0.1, 0.15) is 11.5 Å². The summed E-state index contributed by atoms with van der Waals surface area (Å²) in [7, 11) is 0. The molecule has 1 saturated carbocycles. The number of hydrogen-bond acceptors (Lipinski definition) is 4. The van der Waals surface area contributed by atoms with Gasteiger partial charge in [-0.25, -0.2) is 0 Å². The van der Waals surface area contributed by atoms with E-state index in [0.29, 0.717) is 19.2 Å². The monoisotopic (exact) mass is 319 g/mol. The number of likely N-dealkylation sites (tertiary alicyclic amines) is 1. The van der Waals surface area contributed by atoms with Crippen molar-refractivity contribution >= 4 is 11.9 Å². The standard InChI is InChI=1S/C18H25NO4/c1-11(2)9-22-17(21)14-13-7-8-18(23-13)10-19(16(20)15(14)18)12-5-3-4-6-12/h7-8,11-15H,3-6,9-10H2,1-2H3/t13-,14-,15+,18-/m1/s1. The molecule has 0 aromatic rings. The van der Waals surface area contributed by atoms with Crippen molar-refractivity contribution in [2.75, 3.05) is 13.2 Å². The Kier molecular flexibility index (Phi) is 3.52. The van der Waals surface area contributed by atoms with Crippen molar-refractivity contribution in [2.24, 2.45) is 17.8 Å². The quantitative estimate of drug-likeness (QED) is 0.587. The Hall–Kier alpha value is -1.36. The Labute approximate surface area is 137 Å². The second-order valence-electron chi connectivity index (χ2n) is 7.83. The van der Waals surface area contributed by atoms with Crippen LogP contribution >= 0.6 is 0 Å². The molecule has 4 aliphatic rings. The maximum Gasteiger partial charge on any atom is 0.312 e. The molecule has 2 bridgehead atoms. The zero-order valence-electron chi connectivity index (χ0n) is 13.9. The first-order valence-electron chi connectivity index (χ1n) is 8.86. The highest BCUT2D eigenvalue weighted by atomic mass is 16.6. The van der Waals surface area contributed by atoms with Crippen LogP contribution in [-0.2, 0) is 19.1 Å². The van der Waals surface area contributed by atoms with Crippen molar-refractivity contribution in [1.29, 1.82) is 0 Å². The van der Waals surface area contributed by atoms with Gasteiger partial charge in [0.05, 0.1) is 25.2 Å². The molecule has 0 unspecified atom stereocenters. The minimum absolute atomic E-state index is 0.0928. The highest BCUT2D eigenvalue weighted by molar-refractivity contribution is 5.91. The first-order valence-corrected chi connectivity index (χ1v) is 8.86. The van der Waals surface area contributed by atoms with Crippen LogP contribution in [0.15, 0.2) is 12.2 Å². The first kappa shape index (κ1) is 15.2. The average molecular weight is 319 g/mol. The third-order valence-electron chi connectivity index (χ3n) is 5.73. The van der Waals surface area contributed by atoms with Crippen molar-refractivity contribution in [1.82, 2.24) is 4.90 Å². The van der Waals surface area contributed by atoms with Crippen LogP contribution in [0.25, 0.3) is 0 Å². The van der Waals surface area contributed by atoms with Crippen LogP contribution in [0.3, 0.4) is 0 Å². The van der Waals surface area contributed by atoms with Crippen LogP contribution in [0.1, 0.15) is 39.5 Å². The number of fused-ring (bicyclic) bond motifs is 1. The van der Waals surface area contributed by atoms with Crippen LogP contribution in [-0.4, -0.2) is 47.7 Å². The number of carbonyl (C=O) groups is 2. The topological polar surface area (TPSA) is 55.8 Å². The molecule has 2 saturated heterocycles. The van der Waals surface area contributed by atoms with Gasteiger partial charge in [-0.15, -0.1) is 0 Å². The molecule has 3 fully saturated rings. The number of rotatable bonds is 4. The summed E-state index contributed by atoms with van der Waals surface area (Å²) >= 11 is 0. The molecule has 1 amide bonds. The van der Waals surface area contributed by atoms with E-state index in [-0.39, 0.29) is 23.9 Å². The lowest BCUT2D eigenvalue weighted by molar-refractivity contribution is -0.155. The van der Waals surface area contributed by atoms with Crippen molar-refractivity contribution in [3.05, 3.63) is 12.2 Å². The third-order valence-corrected chi connectivity index (χ3v) is 5.73. The highest BCUT2D eigenvalue weighted by Gasteiger charge is 2.67. The Morgan fingerprint density at radius 1 is 1.43 bits per heavy atom. The van der Waals surface area contributed by atoms with E-state index in [1.807, 2.05) is 30.9 Å². The van der Waals surface area contributed by atoms with E-state index in [0.717, 1.165) is 12.8 Å². The molecule has 4 atom stereocenters. The lowest BCUT2D eigenvalue weighted by Gasteiger charge is -2.26. The predicted molar refractivity (Wildman–Crippen MR) is 83.5 cm³/mol. The fraction of sp³-hybridized carbons (Fsp3) is 0.778. The molecule has 0 radical (unpaired) electrons. The van der Waals surface area contributed by atoms with Gasteiger partial charge in [-0.05, 0) is 18.8 Å². The summed E-state index contributed by atoms with van der Waals surface area (Å²) in [5.74, 6) is -0.760. The molecule has 0 aromatic heterocycles. The normalized spacial score (nSPS) is 38.8. The molecule has 5 nitrogen and oxygen atoms in total. The largest absolute Gasteiger partial charge is 0.465 e. The Morgan fingerprint density at radius 3 is 2.87 bits per heavy atom. The lowest BCUT2D eigenvalue weighted by Crippen LogP contribution is -2.41. The predicted octanol–water partition coefficient (Wildman–Crippen LogP) is 1.91. The van der Waals surface area contributed by atoms with Gasteiger partial charge in [-0.1, -0.05) is 38.8 Å². The van der Waals surface area contributed by atoms with Crippen LogP contribution in [0, 0.1) is 17.8 Å². The number of esters is 1. The van der Waals surface area contributed by atoms with Crippen molar-refractivity contribution in [3.8, 4) is 0 Å². The van der Waals surface area contributed by atoms with Gasteiger partial charge in [0.25, 0.3) is 0 Å². The van der Waals surface area contributed by atoms with Crippen LogP contribution in [0.2, 0.25) is 0 Å². The second kappa shape index (κ2) is 5.33. The summed E-state index contributed by atoms with van der Waals surface area (Å²) in [6, 6.07) is 0.325. The van der Waals surface area contributed by atoms with Crippen molar-refractivity contribution in [3.63, 3.8) is 0 Å². The van der Waals surface area contributed by atoms with E-state index >= 15 is 0 Å². The molecule has 4 rings (SSSR count). The zero-order valence-corrected chi connectivity index (χ0v) is 13.9. The van der Waals surface area contributed by atoms with Gasteiger partial charge >= 0.3 is 5.97 Å². The molecule has 1 spiro atoms. The summed E-state index contributed by atoms with van der Waals surface area (Å²) in [5, 5.41) is 0. The highest BCUT2D eigenvalue weighted by Crippen LogP contribution is 2.53. The fourth-order valence-corrected chi connectivity index (χ4v) is 4.67. The van der Waals surface area contributed by atoms with Gasteiger partial charge < -0.3 is 14.4 Å².